The predicted molar refractivity (Wildman–Crippen MR) is 105 cm³/mol. The molecule has 0 aliphatic heterocycles. The monoisotopic (exact) mass is 324 g/mol. The van der Waals surface area contributed by atoms with Gasteiger partial charge in [0, 0.05) is 5.69 Å². The first-order chi connectivity index (χ1) is 12.2. The van der Waals surface area contributed by atoms with Crippen LogP contribution in [0.25, 0.3) is 12.2 Å². The van der Waals surface area contributed by atoms with Crippen molar-refractivity contribution in [3.63, 3.8) is 0 Å². The van der Waals surface area contributed by atoms with Gasteiger partial charge in [0.2, 0.25) is 0 Å². The van der Waals surface area contributed by atoms with E-state index in [4.69, 9.17) is 11.0 Å². The largest absolute Gasteiger partial charge is 0.399 e. The minimum absolute atomic E-state index is 0.717. The maximum absolute atomic E-state index is 9.04. The zero-order chi connectivity index (χ0) is 17.6. The topological polar surface area (TPSA) is 49.8 Å². The van der Waals surface area contributed by atoms with E-state index in [0.29, 0.717) is 0 Å². The molecule has 0 aliphatic rings. The van der Waals surface area contributed by atoms with Gasteiger partial charge in [-0.15, -0.1) is 0 Å². The number of nitrogen functional groups attached to an aromatic ring is 1. The molecule has 0 fully saturated rings. The van der Waals surface area contributed by atoms with Gasteiger partial charge in [0.15, 0.2) is 0 Å². The summed E-state index contributed by atoms with van der Waals surface area (Å²) in [5.74, 6) is 0. The summed E-state index contributed by atoms with van der Waals surface area (Å²) in [5.41, 5.74) is 13.2. The fourth-order valence-corrected chi connectivity index (χ4v) is 2.86. The van der Waals surface area contributed by atoms with Gasteiger partial charge in [0.1, 0.15) is 0 Å². The lowest BCUT2D eigenvalue weighted by atomic mass is 9.98. The molecule has 25 heavy (non-hydrogen) atoms. The number of aryl methyl sites for hydroxylation is 1. The van der Waals surface area contributed by atoms with Crippen molar-refractivity contribution in [2.45, 2.75) is 13.3 Å². The Morgan fingerprint density at radius 3 is 2.48 bits per heavy atom. The van der Waals surface area contributed by atoms with Crippen LogP contribution in [0.4, 0.5) is 5.69 Å². The minimum Gasteiger partial charge on any atom is -0.399 e. The normalized spacial score (nSPS) is 10.7. The lowest BCUT2D eigenvalue weighted by Gasteiger charge is -2.08. The van der Waals surface area contributed by atoms with Crippen molar-refractivity contribution in [3.05, 3.63) is 100 Å². The average molecular weight is 324 g/mol. The molecule has 0 aliphatic carbocycles. The molecule has 3 rings (SSSR count). The lowest BCUT2D eigenvalue weighted by Crippen LogP contribution is -1.94. The Hall–Kier alpha value is -3.31. The van der Waals surface area contributed by atoms with Gasteiger partial charge in [-0.3, -0.25) is 0 Å². The summed E-state index contributed by atoms with van der Waals surface area (Å²) < 4.78 is 0. The fraction of sp³-hybridized carbons (Fsp3) is 0.0870. The van der Waals surface area contributed by atoms with Gasteiger partial charge in [0.25, 0.3) is 0 Å². The fourth-order valence-electron chi connectivity index (χ4n) is 2.86. The summed E-state index contributed by atoms with van der Waals surface area (Å²) in [4.78, 5) is 0. The SMILES string of the molecule is Cc1cc(C=Cc2ccc(N)cc2Cc2ccccc2)ccc1C#N. The van der Waals surface area contributed by atoms with Crippen molar-refractivity contribution in [2.75, 3.05) is 5.73 Å². The molecule has 3 aromatic carbocycles. The zero-order valence-electron chi connectivity index (χ0n) is 14.2. The number of nitriles is 1. The second-order valence-corrected chi connectivity index (χ2v) is 6.14. The highest BCUT2D eigenvalue weighted by molar-refractivity contribution is 5.73. The zero-order valence-corrected chi connectivity index (χ0v) is 14.2. The van der Waals surface area contributed by atoms with Crippen LogP contribution in [0.1, 0.15) is 33.4 Å². The summed E-state index contributed by atoms with van der Waals surface area (Å²) >= 11 is 0. The van der Waals surface area contributed by atoms with Crippen LogP contribution in [0.2, 0.25) is 0 Å². The molecule has 3 aromatic rings. The molecular weight excluding hydrogens is 304 g/mol. The van der Waals surface area contributed by atoms with Crippen molar-refractivity contribution in [3.8, 4) is 6.07 Å². The molecule has 0 bridgehead atoms. The molecule has 2 N–H and O–H groups in total. The van der Waals surface area contributed by atoms with E-state index in [1.807, 2.05) is 43.3 Å². The van der Waals surface area contributed by atoms with Gasteiger partial charge in [-0.2, -0.15) is 5.26 Å². The first kappa shape index (κ1) is 16.5. The molecule has 2 heteroatoms. The Morgan fingerprint density at radius 1 is 0.960 bits per heavy atom. The number of hydrogen-bond donors (Lipinski definition) is 1. The highest BCUT2D eigenvalue weighted by atomic mass is 14.5. The molecule has 0 unspecified atom stereocenters. The molecule has 0 saturated carbocycles. The standard InChI is InChI=1S/C23H20N2/c1-17-13-19(8-10-21(17)16-24)7-9-20-11-12-23(25)15-22(20)14-18-5-3-2-4-6-18/h2-13,15H,14,25H2,1H3. The van der Waals surface area contributed by atoms with E-state index in [1.165, 1.54) is 11.1 Å². The number of nitrogens with zero attached hydrogens (tertiary/aromatic N) is 1. The van der Waals surface area contributed by atoms with Crippen LogP contribution in [0.5, 0.6) is 0 Å². The molecule has 0 atom stereocenters. The Bertz CT molecular complexity index is 948. The summed E-state index contributed by atoms with van der Waals surface area (Å²) in [5, 5.41) is 9.04. The maximum atomic E-state index is 9.04. The molecule has 0 radical (unpaired) electrons. The van der Waals surface area contributed by atoms with Crippen LogP contribution in [0, 0.1) is 18.3 Å². The third-order valence-electron chi connectivity index (χ3n) is 4.23. The molecular formula is C23H20N2. The molecule has 0 saturated heterocycles. The van der Waals surface area contributed by atoms with Crippen molar-refractivity contribution < 1.29 is 0 Å². The first-order valence-electron chi connectivity index (χ1n) is 8.27. The average Bonchev–Trinajstić information content (AvgIpc) is 2.62. The van der Waals surface area contributed by atoms with Crippen LogP contribution >= 0.6 is 0 Å². The van der Waals surface area contributed by atoms with E-state index in [2.05, 4.69) is 48.6 Å². The van der Waals surface area contributed by atoms with Gasteiger partial charge in [-0.05, 0) is 59.4 Å². The third kappa shape index (κ3) is 4.16. The van der Waals surface area contributed by atoms with Gasteiger partial charge in [-0.25, -0.2) is 0 Å². The van der Waals surface area contributed by atoms with Crippen molar-refractivity contribution in [2.24, 2.45) is 0 Å². The predicted octanol–water partition coefficient (Wildman–Crippen LogP) is 5.21. The Labute approximate surface area is 148 Å². The Balaban J connectivity index is 1.89. The highest BCUT2D eigenvalue weighted by Crippen LogP contribution is 2.21. The first-order valence-corrected chi connectivity index (χ1v) is 8.27. The van der Waals surface area contributed by atoms with E-state index < -0.39 is 0 Å². The highest BCUT2D eigenvalue weighted by Gasteiger charge is 2.03. The number of anilines is 1. The molecule has 2 nitrogen and oxygen atoms in total. The van der Waals surface area contributed by atoms with E-state index in [0.717, 1.165) is 34.4 Å². The van der Waals surface area contributed by atoms with Crippen LogP contribution < -0.4 is 5.73 Å². The van der Waals surface area contributed by atoms with Crippen LogP contribution in [0.3, 0.4) is 0 Å². The molecule has 122 valence electrons. The maximum Gasteiger partial charge on any atom is 0.0994 e. The van der Waals surface area contributed by atoms with Gasteiger partial charge >= 0.3 is 0 Å². The smallest absolute Gasteiger partial charge is 0.0994 e. The second kappa shape index (κ2) is 7.51. The Morgan fingerprint density at radius 2 is 1.76 bits per heavy atom. The van der Waals surface area contributed by atoms with E-state index in [9.17, 15) is 0 Å². The van der Waals surface area contributed by atoms with Crippen LogP contribution in [-0.2, 0) is 6.42 Å². The molecule has 0 amide bonds. The number of rotatable bonds is 4. The molecule has 0 aromatic heterocycles. The second-order valence-electron chi connectivity index (χ2n) is 6.14. The summed E-state index contributed by atoms with van der Waals surface area (Å²) in [6, 6.07) is 24.5. The van der Waals surface area contributed by atoms with Gasteiger partial charge in [0.05, 0.1) is 11.6 Å². The van der Waals surface area contributed by atoms with Gasteiger partial charge < -0.3 is 5.73 Å². The summed E-state index contributed by atoms with van der Waals surface area (Å²) in [6.45, 7) is 1.96. The lowest BCUT2D eigenvalue weighted by molar-refractivity contribution is 1.19. The molecule has 0 heterocycles. The van der Waals surface area contributed by atoms with E-state index in [-0.39, 0.29) is 0 Å². The third-order valence-corrected chi connectivity index (χ3v) is 4.23. The number of benzene rings is 3. The van der Waals surface area contributed by atoms with Crippen molar-refractivity contribution >= 4 is 17.8 Å². The molecule has 0 spiro atoms. The van der Waals surface area contributed by atoms with Crippen molar-refractivity contribution in [1.82, 2.24) is 0 Å². The van der Waals surface area contributed by atoms with Crippen LogP contribution in [0.15, 0.2) is 66.7 Å². The number of nitrogens with two attached hydrogens (primary N) is 1. The minimum atomic E-state index is 0.717. The summed E-state index contributed by atoms with van der Waals surface area (Å²) in [7, 11) is 0. The summed E-state index contributed by atoms with van der Waals surface area (Å²) in [6.07, 6.45) is 5.03. The van der Waals surface area contributed by atoms with Gasteiger partial charge in [-0.1, -0.05) is 60.7 Å². The van der Waals surface area contributed by atoms with E-state index in [1.54, 1.807) is 0 Å². The number of hydrogen-bond acceptors (Lipinski definition) is 2. The van der Waals surface area contributed by atoms with Crippen molar-refractivity contribution in [1.29, 1.82) is 5.26 Å². The quantitative estimate of drug-likeness (QED) is 0.529. The van der Waals surface area contributed by atoms with E-state index >= 15 is 0 Å². The Kier molecular flexibility index (Phi) is 4.97. The van der Waals surface area contributed by atoms with Crippen LogP contribution in [-0.4, -0.2) is 0 Å².